The molecule has 0 aromatic heterocycles. The summed E-state index contributed by atoms with van der Waals surface area (Å²) < 4.78 is 0. The first-order chi connectivity index (χ1) is 4.81. The summed E-state index contributed by atoms with van der Waals surface area (Å²) in [4.78, 5) is 19.1. The smallest absolute Gasteiger partial charge is 0.182 e. The Labute approximate surface area is 60.7 Å². The summed E-state index contributed by atoms with van der Waals surface area (Å²) in [5.41, 5.74) is 0. The van der Waals surface area contributed by atoms with E-state index < -0.39 is 0 Å². The molecule has 0 aliphatic carbocycles. The Hall–Kier alpha value is -1.32. The molecule has 56 valence electrons. The highest BCUT2D eigenvalue weighted by atomic mass is 17.0. The van der Waals surface area contributed by atoms with Gasteiger partial charge in [0, 0.05) is 0 Å². The van der Waals surface area contributed by atoms with Crippen LogP contribution in [0.3, 0.4) is 0 Å². The van der Waals surface area contributed by atoms with Crippen LogP contribution in [0.5, 0.6) is 0 Å². The summed E-state index contributed by atoms with van der Waals surface area (Å²) in [6, 6.07) is 0. The zero-order chi connectivity index (χ0) is 7.82. The molecule has 0 N–H and O–H groups in total. The van der Waals surface area contributed by atoms with Crippen molar-refractivity contribution in [2.75, 3.05) is 13.2 Å². The first-order valence-corrected chi connectivity index (χ1v) is 2.76. The van der Waals surface area contributed by atoms with E-state index in [2.05, 4.69) is 22.8 Å². The summed E-state index contributed by atoms with van der Waals surface area (Å²) in [5.74, 6) is 0. The van der Waals surface area contributed by atoms with Crippen LogP contribution >= 0.6 is 0 Å². The molecule has 0 amide bonds. The van der Waals surface area contributed by atoms with E-state index in [1.807, 2.05) is 0 Å². The molecule has 0 fully saturated rings. The van der Waals surface area contributed by atoms with Crippen LogP contribution in [0.1, 0.15) is 1.43 Å². The summed E-state index contributed by atoms with van der Waals surface area (Å²) in [5, 5.41) is 0.0311. The number of nitrogens with zero attached hydrogens (tertiary/aromatic N) is 1. The Bertz CT molecular complexity index is 124. The Morgan fingerprint density at radius 3 is 2.00 bits per heavy atom. The van der Waals surface area contributed by atoms with Gasteiger partial charge < -0.3 is 0 Å². The Balaban J connectivity index is 0. The van der Waals surface area contributed by atoms with Gasteiger partial charge in [0.15, 0.2) is 13.2 Å². The molecule has 0 aromatic carbocycles. The lowest BCUT2D eigenvalue weighted by atomic mass is 10.7. The molecule has 0 heterocycles. The van der Waals surface area contributed by atoms with Gasteiger partial charge in [-0.2, -0.15) is 9.68 Å². The third kappa shape index (κ3) is 4.83. The average molecular weight is 145 g/mol. The van der Waals surface area contributed by atoms with Gasteiger partial charge >= 0.3 is 6.51 Å². The molecule has 0 aliphatic rings. The lowest BCUT2D eigenvalue weighted by Crippen LogP contribution is -2.10. The monoisotopic (exact) mass is 145 g/mol. The van der Waals surface area contributed by atoms with Crippen LogP contribution in [0.15, 0.2) is 25.3 Å². The fourth-order valence-corrected chi connectivity index (χ4v) is 0.264. The van der Waals surface area contributed by atoms with Crippen molar-refractivity contribution in [3.05, 3.63) is 30.2 Å². The molecule has 0 radical (unpaired) electrons. The second kappa shape index (κ2) is 5.81. The first kappa shape index (κ1) is 8.68. The van der Waals surface area contributed by atoms with Crippen LogP contribution in [0.2, 0.25) is 0 Å². The molecule has 4 heteroatoms. The van der Waals surface area contributed by atoms with E-state index in [0.29, 0.717) is 0 Å². The van der Waals surface area contributed by atoms with E-state index in [1.54, 1.807) is 0 Å². The second-order valence-electron chi connectivity index (χ2n) is 1.39. The van der Waals surface area contributed by atoms with Crippen molar-refractivity contribution in [3.63, 3.8) is 0 Å². The van der Waals surface area contributed by atoms with E-state index in [0.717, 1.165) is 0 Å². The summed E-state index contributed by atoms with van der Waals surface area (Å²) in [6.45, 7) is 6.97. The normalized spacial score (nSPS) is 8.00. The van der Waals surface area contributed by atoms with Gasteiger partial charge in [0.05, 0.1) is 0 Å². The molecule has 10 heavy (non-hydrogen) atoms. The maximum Gasteiger partial charge on any atom is 1.00 e. The van der Waals surface area contributed by atoms with E-state index in [-0.39, 0.29) is 19.7 Å². The summed E-state index contributed by atoms with van der Waals surface area (Å²) in [7, 11) is 0. The second-order valence-corrected chi connectivity index (χ2v) is 1.39. The van der Waals surface area contributed by atoms with Crippen LogP contribution in [0.25, 0.3) is 0 Å². The third-order valence-corrected chi connectivity index (χ3v) is 0.596. The van der Waals surface area contributed by atoms with Gasteiger partial charge in [-0.3, -0.25) is 0 Å². The van der Waals surface area contributed by atoms with Crippen molar-refractivity contribution in [1.29, 1.82) is 0 Å². The van der Waals surface area contributed by atoms with E-state index in [1.165, 1.54) is 12.2 Å². The summed E-state index contributed by atoms with van der Waals surface area (Å²) >= 11 is 0. The lowest BCUT2D eigenvalue weighted by molar-refractivity contribution is -0.978. The Kier molecular flexibility index (Phi) is 5.04. The minimum Gasteiger partial charge on any atom is -0.182 e. The maximum absolute atomic E-state index is 10.3. The highest BCUT2D eigenvalue weighted by molar-refractivity contribution is 4.62. The SMILES string of the molecule is C=CCO[N+](=O)OCC=C.[H+]. The molecule has 0 unspecified atom stereocenters. The number of hydrogen-bond acceptors (Lipinski definition) is 3. The van der Waals surface area contributed by atoms with Crippen molar-refractivity contribution in [1.82, 2.24) is 0 Å². The van der Waals surface area contributed by atoms with Gasteiger partial charge in [-0.25, -0.2) is 0 Å². The Morgan fingerprint density at radius 2 is 1.70 bits per heavy atom. The minimum atomic E-state index is 0. The molecule has 0 saturated carbocycles. The highest BCUT2D eigenvalue weighted by Crippen LogP contribution is 1.81. The average Bonchev–Trinajstić information content (AvgIpc) is 1.97. The molecule has 0 rings (SSSR count). The van der Waals surface area contributed by atoms with Crippen molar-refractivity contribution in [2.45, 2.75) is 0 Å². The lowest BCUT2D eigenvalue weighted by Gasteiger charge is -1.86. The topological polar surface area (TPSA) is 38.5 Å². The van der Waals surface area contributed by atoms with Crippen LogP contribution in [0.4, 0.5) is 0 Å². The van der Waals surface area contributed by atoms with Crippen molar-refractivity contribution in [3.8, 4) is 0 Å². The molecule has 0 bridgehead atoms. The van der Waals surface area contributed by atoms with Crippen molar-refractivity contribution in [2.24, 2.45) is 0 Å². The van der Waals surface area contributed by atoms with E-state index in [4.69, 9.17) is 0 Å². The number of hydrogen-bond donors (Lipinski definition) is 0. The van der Waals surface area contributed by atoms with E-state index >= 15 is 0 Å². The molecule has 0 spiro atoms. The predicted molar refractivity (Wildman–Crippen MR) is 37.0 cm³/mol. The van der Waals surface area contributed by atoms with Gasteiger partial charge in [-0.1, -0.05) is 13.2 Å². The van der Waals surface area contributed by atoms with Crippen LogP contribution in [0, 0.1) is 4.91 Å². The predicted octanol–water partition coefficient (Wildman–Crippen LogP) is 1.11. The van der Waals surface area contributed by atoms with Crippen LogP contribution in [-0.2, 0) is 9.68 Å². The minimum absolute atomic E-state index is 0. The highest BCUT2D eigenvalue weighted by Gasteiger charge is 2.07. The molecule has 0 aromatic rings. The molecule has 0 atom stereocenters. The fourth-order valence-electron chi connectivity index (χ4n) is 0.264. The standard InChI is InChI=1S/C6H10NO3/c1-3-5-9-7(8)10-6-4-2/h3-4H,1-2,5-6H2/q+1/p+1. The van der Waals surface area contributed by atoms with E-state index in [9.17, 15) is 4.91 Å². The van der Waals surface area contributed by atoms with Crippen LogP contribution < -0.4 is 0 Å². The van der Waals surface area contributed by atoms with Gasteiger partial charge in [-0.05, 0) is 12.2 Å². The number of rotatable bonds is 6. The molecule has 0 aliphatic heterocycles. The fraction of sp³-hybridized carbons (Fsp3) is 0.333. The van der Waals surface area contributed by atoms with Crippen molar-refractivity contribution >= 4 is 0 Å². The largest absolute Gasteiger partial charge is 1.00 e. The maximum atomic E-state index is 10.3. The summed E-state index contributed by atoms with van der Waals surface area (Å²) in [6.07, 6.45) is 2.89. The first-order valence-electron chi connectivity index (χ1n) is 2.76. The Morgan fingerprint density at radius 1 is 1.30 bits per heavy atom. The third-order valence-electron chi connectivity index (χ3n) is 0.596. The van der Waals surface area contributed by atoms with Crippen LogP contribution in [-0.4, -0.2) is 18.3 Å². The molecule has 4 nitrogen and oxygen atoms in total. The van der Waals surface area contributed by atoms with Gasteiger partial charge in [0.1, 0.15) is 4.91 Å². The van der Waals surface area contributed by atoms with Gasteiger partial charge in [0.2, 0.25) is 0 Å². The van der Waals surface area contributed by atoms with Gasteiger partial charge in [0.25, 0.3) is 0 Å². The molecule has 0 saturated heterocycles. The zero-order valence-corrected chi connectivity index (χ0v) is 5.66. The van der Waals surface area contributed by atoms with Gasteiger partial charge in [-0.15, -0.1) is 0 Å². The zero-order valence-electron chi connectivity index (χ0n) is 6.66. The van der Waals surface area contributed by atoms with Crippen molar-refractivity contribution < 1.29 is 16.2 Å². The molecular formula is C6H11NO3+2. The molecular weight excluding hydrogens is 134 g/mol. The quantitative estimate of drug-likeness (QED) is 0.415.